The predicted octanol–water partition coefficient (Wildman–Crippen LogP) is 4.01. The Labute approximate surface area is 153 Å². The molecule has 2 aromatic carbocycles. The monoisotopic (exact) mass is 364 g/mol. The first-order chi connectivity index (χ1) is 12.7. The van der Waals surface area contributed by atoms with Crippen molar-refractivity contribution in [3.05, 3.63) is 59.6 Å². The van der Waals surface area contributed by atoms with Gasteiger partial charge in [-0.2, -0.15) is 0 Å². The van der Waals surface area contributed by atoms with Crippen LogP contribution >= 0.6 is 11.3 Å². The number of hydrogen-bond donors (Lipinski definition) is 2. The van der Waals surface area contributed by atoms with Crippen LogP contribution in [0.5, 0.6) is 5.75 Å². The Morgan fingerprint density at radius 2 is 2.08 bits per heavy atom. The third-order valence-electron chi connectivity index (χ3n) is 3.81. The standard InChI is InChI=1S/C19H16N4O2S/c1-12-2-7-15-16(10-12)22-18(21-15)13-3-5-14(6-4-13)25-11-17(24)23-19-20-8-9-26-19/h2-10H,11H2,1H3,(H,21,22)(H,20,23,24). The van der Waals surface area contributed by atoms with E-state index in [4.69, 9.17) is 4.74 Å². The van der Waals surface area contributed by atoms with Crippen molar-refractivity contribution in [2.24, 2.45) is 0 Å². The van der Waals surface area contributed by atoms with Gasteiger partial charge in [0.1, 0.15) is 11.6 Å². The van der Waals surface area contributed by atoms with Gasteiger partial charge in [0, 0.05) is 17.1 Å². The molecule has 0 fully saturated rings. The van der Waals surface area contributed by atoms with E-state index in [0.717, 1.165) is 22.4 Å². The predicted molar refractivity (Wildman–Crippen MR) is 103 cm³/mol. The van der Waals surface area contributed by atoms with Crippen LogP contribution in [0.3, 0.4) is 0 Å². The number of aromatic nitrogens is 3. The second-order valence-electron chi connectivity index (χ2n) is 5.80. The zero-order valence-corrected chi connectivity index (χ0v) is 14.8. The number of ether oxygens (including phenoxy) is 1. The van der Waals surface area contributed by atoms with Gasteiger partial charge >= 0.3 is 0 Å². The van der Waals surface area contributed by atoms with Crippen molar-refractivity contribution in [3.8, 4) is 17.1 Å². The quantitative estimate of drug-likeness (QED) is 0.561. The largest absolute Gasteiger partial charge is 0.484 e. The van der Waals surface area contributed by atoms with Crippen molar-refractivity contribution in [2.75, 3.05) is 11.9 Å². The summed E-state index contributed by atoms with van der Waals surface area (Å²) in [5.41, 5.74) is 4.09. The van der Waals surface area contributed by atoms with Gasteiger partial charge in [-0.15, -0.1) is 11.3 Å². The number of anilines is 1. The number of benzene rings is 2. The number of rotatable bonds is 5. The molecule has 7 heteroatoms. The molecule has 0 aliphatic rings. The fraction of sp³-hybridized carbons (Fsp3) is 0.105. The fourth-order valence-electron chi connectivity index (χ4n) is 2.56. The Bertz CT molecular complexity index is 1040. The zero-order chi connectivity index (χ0) is 17.9. The highest BCUT2D eigenvalue weighted by molar-refractivity contribution is 7.13. The minimum absolute atomic E-state index is 0.0666. The summed E-state index contributed by atoms with van der Waals surface area (Å²) < 4.78 is 5.52. The summed E-state index contributed by atoms with van der Waals surface area (Å²) in [7, 11) is 0. The fourth-order valence-corrected chi connectivity index (χ4v) is 3.10. The van der Waals surface area contributed by atoms with E-state index in [2.05, 4.69) is 33.3 Å². The van der Waals surface area contributed by atoms with Crippen LogP contribution in [-0.4, -0.2) is 27.5 Å². The summed E-state index contributed by atoms with van der Waals surface area (Å²) in [6, 6.07) is 13.6. The molecule has 0 radical (unpaired) electrons. The molecular formula is C19H16N4O2S. The van der Waals surface area contributed by atoms with E-state index in [1.807, 2.05) is 36.4 Å². The minimum Gasteiger partial charge on any atom is -0.484 e. The summed E-state index contributed by atoms with van der Waals surface area (Å²) in [4.78, 5) is 23.7. The molecule has 0 saturated heterocycles. The number of imidazole rings is 1. The zero-order valence-electron chi connectivity index (χ0n) is 14.0. The average molecular weight is 364 g/mol. The van der Waals surface area contributed by atoms with Crippen LogP contribution in [-0.2, 0) is 4.79 Å². The van der Waals surface area contributed by atoms with Crippen molar-refractivity contribution in [3.63, 3.8) is 0 Å². The number of aromatic amines is 1. The molecule has 4 aromatic rings. The molecule has 0 bridgehead atoms. The van der Waals surface area contributed by atoms with E-state index in [-0.39, 0.29) is 12.5 Å². The lowest BCUT2D eigenvalue weighted by Crippen LogP contribution is -2.19. The van der Waals surface area contributed by atoms with Crippen LogP contribution in [0.15, 0.2) is 54.0 Å². The molecule has 4 rings (SSSR count). The van der Waals surface area contributed by atoms with Gasteiger partial charge in [-0.25, -0.2) is 9.97 Å². The topological polar surface area (TPSA) is 79.9 Å². The van der Waals surface area contributed by atoms with Gasteiger partial charge < -0.3 is 9.72 Å². The maximum absolute atomic E-state index is 11.8. The molecule has 0 aliphatic heterocycles. The molecule has 0 saturated carbocycles. The molecule has 1 amide bonds. The molecule has 26 heavy (non-hydrogen) atoms. The molecule has 130 valence electrons. The lowest BCUT2D eigenvalue weighted by molar-refractivity contribution is -0.118. The summed E-state index contributed by atoms with van der Waals surface area (Å²) in [6.45, 7) is 1.99. The van der Waals surface area contributed by atoms with Gasteiger partial charge in [0.25, 0.3) is 5.91 Å². The third-order valence-corrected chi connectivity index (χ3v) is 4.50. The number of thiazole rings is 1. The van der Waals surface area contributed by atoms with E-state index >= 15 is 0 Å². The highest BCUT2D eigenvalue weighted by Crippen LogP contribution is 2.23. The minimum atomic E-state index is -0.239. The summed E-state index contributed by atoms with van der Waals surface area (Å²) in [5.74, 6) is 1.19. The number of aryl methyl sites for hydroxylation is 1. The number of carbonyl (C=O) groups excluding carboxylic acids is 1. The van der Waals surface area contributed by atoms with Gasteiger partial charge in [0.2, 0.25) is 0 Å². The summed E-state index contributed by atoms with van der Waals surface area (Å²) >= 11 is 1.37. The second kappa shape index (κ2) is 6.97. The molecule has 2 heterocycles. The van der Waals surface area contributed by atoms with E-state index in [1.54, 1.807) is 11.6 Å². The van der Waals surface area contributed by atoms with Gasteiger partial charge in [-0.1, -0.05) is 6.07 Å². The van der Waals surface area contributed by atoms with Crippen molar-refractivity contribution in [1.82, 2.24) is 15.0 Å². The van der Waals surface area contributed by atoms with Gasteiger partial charge in [0.05, 0.1) is 11.0 Å². The molecular weight excluding hydrogens is 348 g/mol. The lowest BCUT2D eigenvalue weighted by atomic mass is 10.2. The SMILES string of the molecule is Cc1ccc2nc(-c3ccc(OCC(=O)Nc4nccs4)cc3)[nH]c2c1. The van der Waals surface area contributed by atoms with Crippen LogP contribution in [0, 0.1) is 6.92 Å². The number of nitrogens with zero attached hydrogens (tertiary/aromatic N) is 2. The Kier molecular flexibility index (Phi) is 4.37. The molecule has 0 atom stereocenters. The Hall–Kier alpha value is -3.19. The number of carbonyl (C=O) groups is 1. The Balaban J connectivity index is 1.41. The highest BCUT2D eigenvalue weighted by Gasteiger charge is 2.08. The first-order valence-corrected chi connectivity index (χ1v) is 8.94. The number of H-pyrrole nitrogens is 1. The summed E-state index contributed by atoms with van der Waals surface area (Å²) in [5, 5.41) is 5.04. The molecule has 0 aliphatic carbocycles. The molecule has 6 nitrogen and oxygen atoms in total. The maximum Gasteiger partial charge on any atom is 0.264 e. The Morgan fingerprint density at radius 1 is 1.23 bits per heavy atom. The third kappa shape index (κ3) is 3.57. The number of hydrogen-bond acceptors (Lipinski definition) is 5. The average Bonchev–Trinajstić information content (AvgIpc) is 3.29. The lowest BCUT2D eigenvalue weighted by Gasteiger charge is -2.06. The van der Waals surface area contributed by atoms with Gasteiger partial charge in [0.15, 0.2) is 11.7 Å². The second-order valence-corrected chi connectivity index (χ2v) is 6.70. The van der Waals surface area contributed by atoms with Crippen molar-refractivity contribution in [1.29, 1.82) is 0 Å². The van der Waals surface area contributed by atoms with Crippen LogP contribution in [0.2, 0.25) is 0 Å². The van der Waals surface area contributed by atoms with Gasteiger partial charge in [-0.3, -0.25) is 10.1 Å². The van der Waals surface area contributed by atoms with Gasteiger partial charge in [-0.05, 0) is 48.9 Å². The molecule has 2 aromatic heterocycles. The number of amides is 1. The van der Waals surface area contributed by atoms with Crippen LogP contribution in [0.25, 0.3) is 22.4 Å². The first kappa shape index (κ1) is 16.3. The molecule has 0 unspecified atom stereocenters. The highest BCUT2D eigenvalue weighted by atomic mass is 32.1. The van der Waals surface area contributed by atoms with Crippen LogP contribution in [0.4, 0.5) is 5.13 Å². The summed E-state index contributed by atoms with van der Waals surface area (Å²) in [6.07, 6.45) is 1.64. The Morgan fingerprint density at radius 3 is 2.85 bits per heavy atom. The molecule has 2 N–H and O–H groups in total. The maximum atomic E-state index is 11.8. The van der Waals surface area contributed by atoms with Crippen LogP contribution in [0.1, 0.15) is 5.56 Å². The number of fused-ring (bicyclic) bond motifs is 1. The van der Waals surface area contributed by atoms with Crippen molar-refractivity contribution >= 4 is 33.4 Å². The number of nitrogens with one attached hydrogen (secondary N) is 2. The van der Waals surface area contributed by atoms with Crippen LogP contribution < -0.4 is 10.1 Å². The van der Waals surface area contributed by atoms with E-state index in [0.29, 0.717) is 10.9 Å². The van der Waals surface area contributed by atoms with E-state index < -0.39 is 0 Å². The molecule has 0 spiro atoms. The van der Waals surface area contributed by atoms with Crippen molar-refractivity contribution in [2.45, 2.75) is 6.92 Å². The van der Waals surface area contributed by atoms with Crippen molar-refractivity contribution < 1.29 is 9.53 Å². The normalized spacial score (nSPS) is 10.8. The van der Waals surface area contributed by atoms with E-state index in [9.17, 15) is 4.79 Å². The van der Waals surface area contributed by atoms with E-state index in [1.165, 1.54) is 16.9 Å². The first-order valence-electron chi connectivity index (χ1n) is 8.06. The smallest absolute Gasteiger partial charge is 0.264 e.